The number of fused-ring (bicyclic) bond motifs is 9. The fourth-order valence-electron chi connectivity index (χ4n) is 9.73. The number of anilines is 6. The van der Waals surface area contributed by atoms with E-state index in [2.05, 4.69) is 219 Å². The molecule has 0 spiro atoms. The summed E-state index contributed by atoms with van der Waals surface area (Å²) in [5, 5.41) is 4.98. The quantitative estimate of drug-likeness (QED) is 0.167. The molecule has 0 unspecified atom stereocenters. The Labute approximate surface area is 338 Å². The second-order valence-corrected chi connectivity index (χ2v) is 17.6. The fraction of sp³-hybridized carbons (Fsp3) is 0.111. The SMILES string of the molecule is CC1(C)c2cc(N(c3ccccc3)c3ccc4ccccc4c3)ccc2-c2sc3c(c21)C(C)(C)c1cc(N(c2ccccc2)c2ccc4ccccc4c2)ccc1-3. The first-order valence-electron chi connectivity index (χ1n) is 19.9. The Morgan fingerprint density at radius 3 is 1.11 bits per heavy atom. The molecule has 0 fully saturated rings. The van der Waals surface area contributed by atoms with Crippen molar-refractivity contribution in [3.05, 3.63) is 204 Å². The summed E-state index contributed by atoms with van der Waals surface area (Å²) in [4.78, 5) is 7.67. The summed E-state index contributed by atoms with van der Waals surface area (Å²) >= 11 is 1.99. The van der Waals surface area contributed by atoms with Gasteiger partial charge in [-0.3, -0.25) is 0 Å². The van der Waals surface area contributed by atoms with E-state index in [9.17, 15) is 0 Å². The van der Waals surface area contributed by atoms with Gasteiger partial charge in [0, 0.05) is 54.7 Å². The molecule has 0 N–H and O–H groups in total. The van der Waals surface area contributed by atoms with Crippen molar-refractivity contribution in [3.63, 3.8) is 0 Å². The van der Waals surface area contributed by atoms with Gasteiger partial charge in [-0.25, -0.2) is 0 Å². The van der Waals surface area contributed by atoms with Crippen molar-refractivity contribution in [1.29, 1.82) is 0 Å². The Bertz CT molecular complexity index is 2820. The normalized spacial score (nSPS) is 14.2. The van der Waals surface area contributed by atoms with E-state index in [1.165, 1.54) is 76.1 Å². The van der Waals surface area contributed by atoms with Gasteiger partial charge in [-0.2, -0.15) is 0 Å². The number of nitrogens with zero attached hydrogens (tertiary/aromatic N) is 2. The highest BCUT2D eigenvalue weighted by molar-refractivity contribution is 7.19. The average Bonchev–Trinajstić information content (AvgIpc) is 3.82. The molecule has 8 aromatic carbocycles. The Balaban J connectivity index is 1.01. The van der Waals surface area contributed by atoms with Gasteiger partial charge in [0.25, 0.3) is 0 Å². The van der Waals surface area contributed by atoms with E-state index in [4.69, 9.17) is 0 Å². The maximum atomic E-state index is 2.46. The van der Waals surface area contributed by atoms with E-state index in [0.717, 1.165) is 22.7 Å². The Morgan fingerprint density at radius 1 is 0.333 bits per heavy atom. The van der Waals surface area contributed by atoms with Crippen molar-refractivity contribution in [2.45, 2.75) is 38.5 Å². The van der Waals surface area contributed by atoms with E-state index < -0.39 is 0 Å². The van der Waals surface area contributed by atoms with Crippen LogP contribution in [-0.4, -0.2) is 0 Å². The molecule has 3 heteroatoms. The van der Waals surface area contributed by atoms with Gasteiger partial charge in [-0.05, 0) is 128 Å². The first kappa shape index (κ1) is 33.9. The summed E-state index contributed by atoms with van der Waals surface area (Å²) in [7, 11) is 0. The maximum Gasteiger partial charge on any atom is 0.0468 e. The summed E-state index contributed by atoms with van der Waals surface area (Å²) in [5.74, 6) is 0. The minimum absolute atomic E-state index is 0.181. The van der Waals surface area contributed by atoms with E-state index >= 15 is 0 Å². The zero-order chi connectivity index (χ0) is 38.5. The van der Waals surface area contributed by atoms with Crippen LogP contribution in [0.3, 0.4) is 0 Å². The first-order valence-corrected chi connectivity index (χ1v) is 20.7. The van der Waals surface area contributed by atoms with Crippen LogP contribution < -0.4 is 9.80 Å². The minimum Gasteiger partial charge on any atom is -0.310 e. The van der Waals surface area contributed by atoms with Gasteiger partial charge in [-0.15, -0.1) is 11.3 Å². The molecule has 2 aliphatic rings. The van der Waals surface area contributed by atoms with Crippen LogP contribution in [0.5, 0.6) is 0 Å². The lowest BCUT2D eigenvalue weighted by molar-refractivity contribution is 0.603. The summed E-state index contributed by atoms with van der Waals surface area (Å²) in [6.07, 6.45) is 0. The summed E-state index contributed by atoms with van der Waals surface area (Å²) in [6, 6.07) is 66.8. The Kier molecular flexibility index (Phi) is 7.46. The number of hydrogen-bond acceptors (Lipinski definition) is 3. The van der Waals surface area contributed by atoms with Crippen LogP contribution in [0.15, 0.2) is 182 Å². The average molecular weight is 751 g/mol. The van der Waals surface area contributed by atoms with Gasteiger partial charge in [0.05, 0.1) is 0 Å². The monoisotopic (exact) mass is 750 g/mol. The molecule has 1 aromatic heterocycles. The van der Waals surface area contributed by atoms with Crippen LogP contribution in [0, 0.1) is 0 Å². The molecule has 0 saturated carbocycles. The molecule has 0 radical (unpaired) electrons. The fourth-order valence-corrected chi connectivity index (χ4v) is 11.4. The van der Waals surface area contributed by atoms with Crippen molar-refractivity contribution in [1.82, 2.24) is 0 Å². The Morgan fingerprint density at radius 2 is 0.684 bits per heavy atom. The van der Waals surface area contributed by atoms with E-state index in [1.54, 1.807) is 0 Å². The van der Waals surface area contributed by atoms with Crippen molar-refractivity contribution in [3.8, 4) is 20.9 Å². The number of para-hydroxylation sites is 2. The molecule has 0 bridgehead atoms. The number of benzene rings is 8. The molecule has 0 saturated heterocycles. The molecule has 11 rings (SSSR count). The van der Waals surface area contributed by atoms with Crippen LogP contribution in [0.2, 0.25) is 0 Å². The highest BCUT2D eigenvalue weighted by Crippen LogP contribution is 2.64. The number of hydrogen-bond donors (Lipinski definition) is 0. The molecule has 274 valence electrons. The lowest BCUT2D eigenvalue weighted by Crippen LogP contribution is -2.23. The van der Waals surface area contributed by atoms with Crippen LogP contribution in [0.1, 0.15) is 49.9 Å². The molecule has 1 heterocycles. The highest BCUT2D eigenvalue weighted by Gasteiger charge is 2.48. The second kappa shape index (κ2) is 12.5. The molecule has 0 amide bonds. The van der Waals surface area contributed by atoms with Crippen molar-refractivity contribution in [2.75, 3.05) is 9.80 Å². The summed E-state index contributed by atoms with van der Waals surface area (Å²) < 4.78 is 0. The molecular formula is C54H42N2S. The van der Waals surface area contributed by atoms with Crippen molar-refractivity contribution in [2.24, 2.45) is 0 Å². The molecule has 9 aromatic rings. The zero-order valence-electron chi connectivity index (χ0n) is 32.6. The lowest BCUT2D eigenvalue weighted by Gasteiger charge is -2.31. The third kappa shape index (κ3) is 5.15. The van der Waals surface area contributed by atoms with E-state index in [1.807, 2.05) is 11.3 Å². The van der Waals surface area contributed by atoms with Gasteiger partial charge in [0.15, 0.2) is 0 Å². The van der Waals surface area contributed by atoms with Crippen molar-refractivity contribution < 1.29 is 0 Å². The summed E-state index contributed by atoms with van der Waals surface area (Å²) in [5.41, 5.74) is 15.1. The lowest BCUT2D eigenvalue weighted by atomic mass is 9.74. The Hall–Kier alpha value is -6.42. The van der Waals surface area contributed by atoms with Crippen LogP contribution in [0.25, 0.3) is 42.4 Å². The van der Waals surface area contributed by atoms with E-state index in [0.29, 0.717) is 0 Å². The standard InChI is InChI=1S/C54H42N2S/c1-53(2)47-33-43(55(39-19-7-5-8-20-39)41-25-23-35-15-11-13-17-37(35)31-41)27-29-45(47)51-49(53)50-52(57-51)46-30-28-44(34-48(46)54(50,3)4)56(40-21-9-6-10-22-40)42-26-24-36-16-12-14-18-38(36)32-42/h5-34H,1-4H3. The number of thiophene rings is 1. The van der Waals surface area contributed by atoms with Gasteiger partial charge in [0.2, 0.25) is 0 Å². The third-order valence-electron chi connectivity index (χ3n) is 12.5. The molecular weight excluding hydrogens is 709 g/mol. The van der Waals surface area contributed by atoms with Gasteiger partial charge >= 0.3 is 0 Å². The number of rotatable bonds is 6. The molecule has 0 aliphatic heterocycles. The third-order valence-corrected chi connectivity index (χ3v) is 13.8. The second-order valence-electron chi connectivity index (χ2n) is 16.6. The van der Waals surface area contributed by atoms with Crippen molar-refractivity contribution >= 4 is 67.0 Å². The minimum atomic E-state index is -0.181. The van der Waals surface area contributed by atoms with Gasteiger partial charge < -0.3 is 9.80 Å². The van der Waals surface area contributed by atoms with Crippen LogP contribution in [-0.2, 0) is 10.8 Å². The first-order chi connectivity index (χ1) is 27.8. The topological polar surface area (TPSA) is 6.48 Å². The van der Waals surface area contributed by atoms with Gasteiger partial charge in [-0.1, -0.05) is 137 Å². The maximum absolute atomic E-state index is 2.46. The predicted octanol–water partition coefficient (Wildman–Crippen LogP) is 15.6. The van der Waals surface area contributed by atoms with Crippen LogP contribution in [0.4, 0.5) is 34.1 Å². The zero-order valence-corrected chi connectivity index (χ0v) is 33.4. The summed E-state index contributed by atoms with van der Waals surface area (Å²) in [6.45, 7) is 9.77. The molecule has 2 nitrogen and oxygen atoms in total. The molecule has 0 atom stereocenters. The predicted molar refractivity (Wildman–Crippen MR) is 244 cm³/mol. The van der Waals surface area contributed by atoms with E-state index in [-0.39, 0.29) is 10.8 Å². The van der Waals surface area contributed by atoms with Crippen LogP contribution >= 0.6 is 11.3 Å². The largest absolute Gasteiger partial charge is 0.310 e. The smallest absolute Gasteiger partial charge is 0.0468 e. The molecule has 57 heavy (non-hydrogen) atoms. The highest BCUT2D eigenvalue weighted by atomic mass is 32.1. The molecule has 2 aliphatic carbocycles. The van der Waals surface area contributed by atoms with Gasteiger partial charge in [0.1, 0.15) is 0 Å².